The fraction of sp³-hybridized carbons (Fsp3) is 0.0526. The van der Waals surface area contributed by atoms with Gasteiger partial charge in [0.1, 0.15) is 6.29 Å². The van der Waals surface area contributed by atoms with Gasteiger partial charge in [0.2, 0.25) is 0 Å². The predicted octanol–water partition coefficient (Wildman–Crippen LogP) is 3.79. The quantitative estimate of drug-likeness (QED) is 0.674. The number of hydrogen-bond donors (Lipinski definition) is 0. The highest BCUT2D eigenvalue weighted by Gasteiger charge is 2.19. The number of benzene rings is 2. The molecule has 0 aliphatic carbocycles. The van der Waals surface area contributed by atoms with Gasteiger partial charge in [0, 0.05) is 5.69 Å². The van der Waals surface area contributed by atoms with E-state index in [-0.39, 0.29) is 18.2 Å². The molecule has 0 fully saturated rings. The Kier molecular flexibility index (Phi) is 4.34. The molecule has 0 spiro atoms. The zero-order valence-corrected chi connectivity index (χ0v) is 12.4. The summed E-state index contributed by atoms with van der Waals surface area (Å²) in [5.74, 6) is -0.131. The summed E-state index contributed by atoms with van der Waals surface area (Å²) in [6.07, 6.45) is 2.14. The Balaban J connectivity index is 1.89. The molecule has 3 aromatic rings. The molecule has 0 atom stereocenters. The maximum Gasteiger partial charge on any atom is 0.294 e. The first kappa shape index (κ1) is 14.8. The Bertz CT molecular complexity index is 777. The predicted molar refractivity (Wildman–Crippen MR) is 88.3 cm³/mol. The summed E-state index contributed by atoms with van der Waals surface area (Å²) in [7, 11) is 0. The van der Waals surface area contributed by atoms with Gasteiger partial charge in [0.05, 0.1) is 12.8 Å². The van der Waals surface area contributed by atoms with Gasteiger partial charge in [-0.2, -0.15) is 0 Å². The summed E-state index contributed by atoms with van der Waals surface area (Å²) in [4.78, 5) is 24.7. The van der Waals surface area contributed by atoms with Crippen LogP contribution in [0.3, 0.4) is 0 Å². The number of anilines is 1. The van der Waals surface area contributed by atoms with E-state index in [4.69, 9.17) is 4.42 Å². The van der Waals surface area contributed by atoms with Crippen LogP contribution in [0.4, 0.5) is 5.69 Å². The van der Waals surface area contributed by atoms with Crippen molar-refractivity contribution >= 4 is 17.9 Å². The van der Waals surface area contributed by atoms with Crippen molar-refractivity contribution in [1.82, 2.24) is 0 Å². The number of furan rings is 1. The van der Waals surface area contributed by atoms with Crippen LogP contribution in [0.2, 0.25) is 0 Å². The molecule has 4 nitrogen and oxygen atoms in total. The normalized spacial score (nSPS) is 10.3. The molecule has 0 N–H and O–H groups in total. The summed E-state index contributed by atoms with van der Waals surface area (Å²) in [5.41, 5.74) is 2.79. The average Bonchev–Trinajstić information content (AvgIpc) is 3.15. The van der Waals surface area contributed by atoms with Crippen LogP contribution < -0.4 is 4.90 Å². The van der Waals surface area contributed by atoms with Gasteiger partial charge in [-0.1, -0.05) is 42.5 Å². The lowest BCUT2D eigenvalue weighted by Crippen LogP contribution is -2.32. The molecule has 1 amide bonds. The van der Waals surface area contributed by atoms with Crippen molar-refractivity contribution in [2.45, 2.75) is 0 Å². The summed E-state index contributed by atoms with van der Waals surface area (Å²) in [6, 6.07) is 20.7. The van der Waals surface area contributed by atoms with Crippen LogP contribution in [0.15, 0.2) is 77.4 Å². The van der Waals surface area contributed by atoms with Gasteiger partial charge in [-0.05, 0) is 35.4 Å². The molecule has 0 radical (unpaired) electrons. The Morgan fingerprint density at radius 2 is 1.61 bits per heavy atom. The first-order valence-corrected chi connectivity index (χ1v) is 7.24. The smallest absolute Gasteiger partial charge is 0.294 e. The first-order chi connectivity index (χ1) is 11.3. The lowest BCUT2D eigenvalue weighted by molar-refractivity contribution is -0.106. The number of carbonyl (C=O) groups excluding carboxylic acids is 2. The summed E-state index contributed by atoms with van der Waals surface area (Å²) in [5, 5.41) is 0. The molecule has 0 aliphatic rings. The number of aldehydes is 1. The highest BCUT2D eigenvalue weighted by molar-refractivity contribution is 6.05. The first-order valence-electron chi connectivity index (χ1n) is 7.24. The molecule has 23 heavy (non-hydrogen) atoms. The van der Waals surface area contributed by atoms with Gasteiger partial charge >= 0.3 is 0 Å². The molecule has 0 bridgehead atoms. The standard InChI is InChI=1S/C19H15NO3/c21-13-12-20(19(22)18-7-4-14-23-18)17-10-8-16(9-11-17)15-5-2-1-3-6-15/h1-11,13-14H,12H2. The fourth-order valence-electron chi connectivity index (χ4n) is 2.38. The van der Waals surface area contributed by atoms with E-state index in [1.165, 1.54) is 11.2 Å². The molecular weight excluding hydrogens is 290 g/mol. The lowest BCUT2D eigenvalue weighted by atomic mass is 10.1. The molecule has 114 valence electrons. The lowest BCUT2D eigenvalue weighted by Gasteiger charge is -2.19. The zero-order chi connectivity index (χ0) is 16.1. The molecule has 3 rings (SSSR count). The summed E-state index contributed by atoms with van der Waals surface area (Å²) >= 11 is 0. The Hall–Kier alpha value is -3.14. The van der Waals surface area contributed by atoms with E-state index in [0.29, 0.717) is 12.0 Å². The van der Waals surface area contributed by atoms with E-state index >= 15 is 0 Å². The minimum Gasteiger partial charge on any atom is -0.459 e. The maximum atomic E-state index is 12.4. The molecule has 0 aliphatic heterocycles. The van der Waals surface area contributed by atoms with Crippen LogP contribution in [0, 0.1) is 0 Å². The van der Waals surface area contributed by atoms with Gasteiger partial charge in [-0.15, -0.1) is 0 Å². The third-order valence-electron chi connectivity index (χ3n) is 3.52. The van der Waals surface area contributed by atoms with E-state index in [9.17, 15) is 9.59 Å². The summed E-state index contributed by atoms with van der Waals surface area (Å²) in [6.45, 7) is -0.0236. The van der Waals surface area contributed by atoms with Gasteiger partial charge in [0.15, 0.2) is 5.76 Å². The Labute approximate surface area is 134 Å². The van der Waals surface area contributed by atoms with E-state index in [1.54, 1.807) is 12.1 Å². The molecule has 4 heteroatoms. The van der Waals surface area contributed by atoms with Crippen molar-refractivity contribution in [2.75, 3.05) is 11.4 Å². The topological polar surface area (TPSA) is 50.5 Å². The highest BCUT2D eigenvalue weighted by atomic mass is 16.3. The number of hydrogen-bond acceptors (Lipinski definition) is 3. The number of rotatable bonds is 5. The molecule has 0 unspecified atom stereocenters. The molecule has 0 saturated heterocycles. The van der Waals surface area contributed by atoms with Crippen LogP contribution in [-0.4, -0.2) is 18.7 Å². The van der Waals surface area contributed by atoms with Crippen LogP contribution >= 0.6 is 0 Å². The van der Waals surface area contributed by atoms with Crippen molar-refractivity contribution in [1.29, 1.82) is 0 Å². The molecule has 1 heterocycles. The highest BCUT2D eigenvalue weighted by Crippen LogP contribution is 2.24. The minimum atomic E-state index is -0.338. The third kappa shape index (κ3) is 3.21. The fourth-order valence-corrected chi connectivity index (χ4v) is 2.38. The third-order valence-corrected chi connectivity index (χ3v) is 3.52. The van der Waals surface area contributed by atoms with Crippen LogP contribution in [-0.2, 0) is 4.79 Å². The molecule has 2 aromatic carbocycles. The minimum absolute atomic E-state index is 0.0236. The zero-order valence-electron chi connectivity index (χ0n) is 12.4. The van der Waals surface area contributed by atoms with Crippen molar-refractivity contribution in [2.24, 2.45) is 0 Å². The van der Waals surface area contributed by atoms with E-state index in [1.807, 2.05) is 54.6 Å². The second-order valence-corrected chi connectivity index (χ2v) is 4.97. The SMILES string of the molecule is O=CCN(C(=O)c1ccco1)c1ccc(-c2ccccc2)cc1. The second-order valence-electron chi connectivity index (χ2n) is 4.97. The molecule has 0 saturated carbocycles. The van der Waals surface area contributed by atoms with Crippen molar-refractivity contribution < 1.29 is 14.0 Å². The Morgan fingerprint density at radius 1 is 0.913 bits per heavy atom. The van der Waals surface area contributed by atoms with Crippen molar-refractivity contribution in [3.05, 3.63) is 78.8 Å². The van der Waals surface area contributed by atoms with Crippen LogP contribution in [0.25, 0.3) is 11.1 Å². The van der Waals surface area contributed by atoms with E-state index in [2.05, 4.69) is 0 Å². The number of amides is 1. The second kappa shape index (κ2) is 6.75. The van der Waals surface area contributed by atoms with Gasteiger partial charge in [0.25, 0.3) is 5.91 Å². The molecule has 1 aromatic heterocycles. The Morgan fingerprint density at radius 3 is 2.22 bits per heavy atom. The van der Waals surface area contributed by atoms with Gasteiger partial charge in [-0.25, -0.2) is 0 Å². The monoisotopic (exact) mass is 305 g/mol. The van der Waals surface area contributed by atoms with Crippen LogP contribution in [0.5, 0.6) is 0 Å². The van der Waals surface area contributed by atoms with Crippen LogP contribution in [0.1, 0.15) is 10.6 Å². The van der Waals surface area contributed by atoms with Crippen molar-refractivity contribution in [3.63, 3.8) is 0 Å². The number of nitrogens with zero attached hydrogens (tertiary/aromatic N) is 1. The number of carbonyl (C=O) groups is 2. The largest absolute Gasteiger partial charge is 0.459 e. The maximum absolute atomic E-state index is 12.4. The van der Waals surface area contributed by atoms with Crippen molar-refractivity contribution in [3.8, 4) is 11.1 Å². The molecular formula is C19H15NO3. The van der Waals surface area contributed by atoms with Gasteiger partial charge < -0.3 is 9.21 Å². The van der Waals surface area contributed by atoms with E-state index < -0.39 is 0 Å². The van der Waals surface area contributed by atoms with E-state index in [0.717, 1.165) is 11.1 Å². The van der Waals surface area contributed by atoms with Gasteiger partial charge in [-0.3, -0.25) is 9.69 Å². The summed E-state index contributed by atoms with van der Waals surface area (Å²) < 4.78 is 5.13. The average molecular weight is 305 g/mol.